The molecule has 0 aliphatic heterocycles. The fourth-order valence-electron chi connectivity index (χ4n) is 2.81. The maximum atomic E-state index is 12.8. The van der Waals surface area contributed by atoms with Gasteiger partial charge in [0.05, 0.1) is 5.92 Å². The van der Waals surface area contributed by atoms with E-state index in [0.717, 1.165) is 0 Å². The summed E-state index contributed by atoms with van der Waals surface area (Å²) in [7, 11) is 0. The van der Waals surface area contributed by atoms with Crippen molar-refractivity contribution in [2.24, 2.45) is 11.7 Å². The van der Waals surface area contributed by atoms with Gasteiger partial charge in [0.1, 0.15) is 0 Å². The average Bonchev–Trinajstić information content (AvgIpc) is 2.28. The molecule has 18 heavy (non-hydrogen) atoms. The van der Waals surface area contributed by atoms with E-state index in [2.05, 4.69) is 5.32 Å². The Kier molecular flexibility index (Phi) is 5.43. The molecule has 1 aliphatic rings. The summed E-state index contributed by atoms with van der Waals surface area (Å²) in [6.45, 7) is 2.09. The molecule has 1 rings (SSSR count). The molecule has 1 aliphatic carbocycles. The molecule has 3 unspecified atom stereocenters. The molecular formula is C12H23F3N2O. The fourth-order valence-corrected chi connectivity index (χ4v) is 2.81. The van der Waals surface area contributed by atoms with Crippen molar-refractivity contribution in [2.75, 3.05) is 13.2 Å². The zero-order valence-corrected chi connectivity index (χ0v) is 10.8. The molecule has 0 saturated heterocycles. The first-order valence-corrected chi connectivity index (χ1v) is 6.48. The minimum absolute atomic E-state index is 0.0227. The Morgan fingerprint density at radius 1 is 1.50 bits per heavy atom. The first kappa shape index (κ1) is 15.7. The number of rotatable bonds is 5. The zero-order valence-electron chi connectivity index (χ0n) is 10.8. The van der Waals surface area contributed by atoms with E-state index >= 15 is 0 Å². The minimum Gasteiger partial charge on any atom is -0.396 e. The Bertz CT molecular complexity index is 260. The number of nitrogens with one attached hydrogen (secondary N) is 1. The van der Waals surface area contributed by atoms with Crippen molar-refractivity contribution in [1.82, 2.24) is 5.32 Å². The molecule has 0 aromatic carbocycles. The van der Waals surface area contributed by atoms with E-state index in [1.165, 1.54) is 0 Å². The van der Waals surface area contributed by atoms with Crippen LogP contribution in [0.25, 0.3) is 0 Å². The zero-order chi connectivity index (χ0) is 13.8. The maximum absolute atomic E-state index is 12.8. The monoisotopic (exact) mass is 268 g/mol. The third kappa shape index (κ3) is 4.10. The lowest BCUT2D eigenvalue weighted by Crippen LogP contribution is -2.58. The van der Waals surface area contributed by atoms with E-state index in [1.807, 2.05) is 6.92 Å². The number of alkyl halides is 3. The highest BCUT2D eigenvalue weighted by atomic mass is 19.4. The summed E-state index contributed by atoms with van der Waals surface area (Å²) < 4.78 is 38.4. The molecule has 3 atom stereocenters. The highest BCUT2D eigenvalue weighted by Gasteiger charge is 2.47. The molecule has 0 heterocycles. The predicted octanol–water partition coefficient (Wildman–Crippen LogP) is 1.80. The number of hydrogen-bond donors (Lipinski definition) is 3. The van der Waals surface area contributed by atoms with E-state index in [-0.39, 0.29) is 32.0 Å². The molecule has 0 aromatic rings. The number of nitrogens with two attached hydrogens (primary N) is 1. The van der Waals surface area contributed by atoms with Gasteiger partial charge in [0.25, 0.3) is 0 Å². The molecule has 108 valence electrons. The Morgan fingerprint density at radius 3 is 2.67 bits per heavy atom. The third-order valence-electron chi connectivity index (χ3n) is 3.81. The van der Waals surface area contributed by atoms with Crippen molar-refractivity contribution in [1.29, 1.82) is 0 Å². The number of halogens is 3. The van der Waals surface area contributed by atoms with E-state index in [1.54, 1.807) is 0 Å². The molecule has 6 heteroatoms. The Morgan fingerprint density at radius 2 is 2.17 bits per heavy atom. The van der Waals surface area contributed by atoms with Gasteiger partial charge in [-0.25, -0.2) is 0 Å². The SMILES string of the molecule is CC(CCO)NC1(CN)CCCC(C(F)(F)F)C1. The van der Waals surface area contributed by atoms with Gasteiger partial charge in [-0.15, -0.1) is 0 Å². The van der Waals surface area contributed by atoms with Gasteiger partial charge in [0.15, 0.2) is 0 Å². The topological polar surface area (TPSA) is 58.3 Å². The first-order valence-electron chi connectivity index (χ1n) is 6.48. The van der Waals surface area contributed by atoms with Gasteiger partial charge in [0, 0.05) is 24.7 Å². The second-order valence-electron chi connectivity index (χ2n) is 5.38. The van der Waals surface area contributed by atoms with Gasteiger partial charge in [-0.3, -0.25) is 0 Å². The Balaban J connectivity index is 2.68. The smallest absolute Gasteiger partial charge is 0.391 e. The fraction of sp³-hybridized carbons (Fsp3) is 1.00. The summed E-state index contributed by atoms with van der Waals surface area (Å²) in [6.07, 6.45) is -2.16. The van der Waals surface area contributed by atoms with Crippen LogP contribution in [0.3, 0.4) is 0 Å². The molecule has 4 N–H and O–H groups in total. The molecule has 0 spiro atoms. The van der Waals surface area contributed by atoms with E-state index in [4.69, 9.17) is 10.8 Å². The molecule has 0 radical (unpaired) electrons. The minimum atomic E-state index is -4.14. The lowest BCUT2D eigenvalue weighted by Gasteiger charge is -2.43. The van der Waals surface area contributed by atoms with Crippen LogP contribution in [0.1, 0.15) is 39.0 Å². The van der Waals surface area contributed by atoms with Crippen LogP contribution in [0.4, 0.5) is 13.2 Å². The van der Waals surface area contributed by atoms with Crippen molar-refractivity contribution in [3.05, 3.63) is 0 Å². The van der Waals surface area contributed by atoms with E-state index in [9.17, 15) is 13.2 Å². The van der Waals surface area contributed by atoms with Crippen LogP contribution in [0.2, 0.25) is 0 Å². The summed E-state index contributed by atoms with van der Waals surface area (Å²) in [5.41, 5.74) is 5.06. The summed E-state index contributed by atoms with van der Waals surface area (Å²) in [5.74, 6) is -1.26. The number of aliphatic hydroxyl groups is 1. The summed E-state index contributed by atoms with van der Waals surface area (Å²) in [4.78, 5) is 0. The predicted molar refractivity (Wildman–Crippen MR) is 64.1 cm³/mol. The van der Waals surface area contributed by atoms with Gasteiger partial charge in [-0.2, -0.15) is 13.2 Å². The van der Waals surface area contributed by atoms with Crippen LogP contribution in [-0.4, -0.2) is 36.0 Å². The van der Waals surface area contributed by atoms with Crippen molar-refractivity contribution >= 4 is 0 Å². The highest BCUT2D eigenvalue weighted by Crippen LogP contribution is 2.41. The standard InChI is InChI=1S/C12H23F3N2O/c1-9(4-6-18)17-11(8-16)5-2-3-10(7-11)12(13,14)15/h9-10,17-18H,2-8,16H2,1H3. The Hall–Kier alpha value is -0.330. The van der Waals surface area contributed by atoms with Crippen molar-refractivity contribution in [3.63, 3.8) is 0 Å². The maximum Gasteiger partial charge on any atom is 0.391 e. The average molecular weight is 268 g/mol. The molecule has 3 nitrogen and oxygen atoms in total. The van der Waals surface area contributed by atoms with Crippen molar-refractivity contribution in [3.8, 4) is 0 Å². The normalized spacial score (nSPS) is 31.3. The van der Waals surface area contributed by atoms with Crippen LogP contribution in [-0.2, 0) is 0 Å². The van der Waals surface area contributed by atoms with Gasteiger partial charge < -0.3 is 16.2 Å². The van der Waals surface area contributed by atoms with E-state index in [0.29, 0.717) is 19.3 Å². The molecule has 0 amide bonds. The van der Waals surface area contributed by atoms with Crippen LogP contribution < -0.4 is 11.1 Å². The van der Waals surface area contributed by atoms with E-state index < -0.39 is 17.6 Å². The third-order valence-corrected chi connectivity index (χ3v) is 3.81. The summed E-state index contributed by atoms with van der Waals surface area (Å²) in [5, 5.41) is 12.1. The summed E-state index contributed by atoms with van der Waals surface area (Å²) in [6, 6.07) is -0.0227. The second kappa shape index (κ2) is 6.21. The van der Waals surface area contributed by atoms with Gasteiger partial charge in [0.2, 0.25) is 0 Å². The number of aliphatic hydroxyl groups excluding tert-OH is 1. The van der Waals surface area contributed by atoms with Crippen LogP contribution in [0.15, 0.2) is 0 Å². The summed E-state index contributed by atoms with van der Waals surface area (Å²) >= 11 is 0. The van der Waals surface area contributed by atoms with Crippen LogP contribution in [0, 0.1) is 5.92 Å². The molecule has 0 bridgehead atoms. The first-order chi connectivity index (χ1) is 8.33. The molecule has 1 saturated carbocycles. The molecule has 0 aromatic heterocycles. The van der Waals surface area contributed by atoms with Gasteiger partial charge in [-0.05, 0) is 32.6 Å². The quantitative estimate of drug-likeness (QED) is 0.712. The van der Waals surface area contributed by atoms with Gasteiger partial charge >= 0.3 is 6.18 Å². The van der Waals surface area contributed by atoms with Crippen molar-refractivity contribution in [2.45, 2.75) is 56.8 Å². The van der Waals surface area contributed by atoms with Crippen LogP contribution >= 0.6 is 0 Å². The Labute approximate surface area is 106 Å². The lowest BCUT2D eigenvalue weighted by molar-refractivity contribution is -0.188. The number of hydrogen-bond acceptors (Lipinski definition) is 3. The molecular weight excluding hydrogens is 245 g/mol. The van der Waals surface area contributed by atoms with Crippen LogP contribution in [0.5, 0.6) is 0 Å². The largest absolute Gasteiger partial charge is 0.396 e. The highest BCUT2D eigenvalue weighted by molar-refractivity contribution is 4.97. The second-order valence-corrected chi connectivity index (χ2v) is 5.38. The lowest BCUT2D eigenvalue weighted by atomic mass is 9.75. The van der Waals surface area contributed by atoms with Gasteiger partial charge in [-0.1, -0.05) is 6.42 Å². The van der Waals surface area contributed by atoms with Crippen molar-refractivity contribution < 1.29 is 18.3 Å². The molecule has 1 fully saturated rings.